The number of likely N-dealkylation sites (tertiary alicyclic amines) is 1. The van der Waals surface area contributed by atoms with E-state index in [-0.39, 0.29) is 0 Å². The lowest BCUT2D eigenvalue weighted by molar-refractivity contribution is 0.260. The highest BCUT2D eigenvalue weighted by Crippen LogP contribution is 2.23. The molecule has 1 aromatic rings. The van der Waals surface area contributed by atoms with Crippen LogP contribution in [0.3, 0.4) is 0 Å². The van der Waals surface area contributed by atoms with E-state index in [0.717, 1.165) is 19.5 Å². The first kappa shape index (κ1) is 9.69. The van der Waals surface area contributed by atoms with Crippen molar-refractivity contribution in [1.29, 1.82) is 0 Å². The van der Waals surface area contributed by atoms with Crippen molar-refractivity contribution in [1.82, 2.24) is 4.90 Å². The Balaban J connectivity index is 2.05. The Morgan fingerprint density at radius 2 is 2.07 bits per heavy atom. The summed E-state index contributed by atoms with van der Waals surface area (Å²) in [6.45, 7) is 4.43. The summed E-state index contributed by atoms with van der Waals surface area (Å²) in [6.07, 6.45) is 1.14. The Labute approximate surface area is 85.7 Å². The van der Waals surface area contributed by atoms with Crippen LogP contribution in [0, 0.1) is 0 Å². The lowest BCUT2D eigenvalue weighted by Crippen LogP contribution is -2.28. The average Bonchev–Trinajstić information content (AvgIpc) is 2.65. The van der Waals surface area contributed by atoms with Gasteiger partial charge in [-0.05, 0) is 18.9 Å². The second kappa shape index (κ2) is 4.11. The highest BCUT2D eigenvalue weighted by Gasteiger charge is 2.23. The van der Waals surface area contributed by atoms with Crippen molar-refractivity contribution >= 4 is 0 Å². The summed E-state index contributed by atoms with van der Waals surface area (Å²) < 4.78 is 0. The van der Waals surface area contributed by atoms with Crippen LogP contribution < -0.4 is 5.73 Å². The third-order valence-electron chi connectivity index (χ3n) is 3.09. The van der Waals surface area contributed by atoms with Crippen LogP contribution in [0.5, 0.6) is 0 Å². The van der Waals surface area contributed by atoms with Crippen LogP contribution in [0.1, 0.15) is 24.9 Å². The number of nitrogens with two attached hydrogens (primary N) is 1. The van der Waals surface area contributed by atoms with E-state index in [0.29, 0.717) is 12.1 Å². The third-order valence-corrected chi connectivity index (χ3v) is 3.09. The third kappa shape index (κ3) is 1.97. The van der Waals surface area contributed by atoms with E-state index in [9.17, 15) is 0 Å². The van der Waals surface area contributed by atoms with E-state index in [1.54, 1.807) is 0 Å². The monoisotopic (exact) mass is 190 g/mol. The van der Waals surface area contributed by atoms with E-state index in [1.807, 2.05) is 0 Å². The van der Waals surface area contributed by atoms with E-state index in [2.05, 4.69) is 42.2 Å². The highest BCUT2D eigenvalue weighted by atomic mass is 15.2. The summed E-state index contributed by atoms with van der Waals surface area (Å²) in [5.74, 6) is 0. The van der Waals surface area contributed by atoms with Crippen molar-refractivity contribution in [2.45, 2.75) is 25.4 Å². The van der Waals surface area contributed by atoms with Crippen molar-refractivity contribution in [3.63, 3.8) is 0 Å². The van der Waals surface area contributed by atoms with Crippen molar-refractivity contribution in [2.24, 2.45) is 5.73 Å². The van der Waals surface area contributed by atoms with Gasteiger partial charge in [-0.25, -0.2) is 0 Å². The number of benzene rings is 1. The zero-order chi connectivity index (χ0) is 9.97. The van der Waals surface area contributed by atoms with Gasteiger partial charge in [0.25, 0.3) is 0 Å². The maximum Gasteiger partial charge on any atom is 0.0320 e. The van der Waals surface area contributed by atoms with Gasteiger partial charge in [-0.15, -0.1) is 0 Å². The van der Waals surface area contributed by atoms with Crippen molar-refractivity contribution in [3.8, 4) is 0 Å². The van der Waals surface area contributed by atoms with Gasteiger partial charge in [0, 0.05) is 25.2 Å². The summed E-state index contributed by atoms with van der Waals surface area (Å²) in [5.41, 5.74) is 7.29. The molecule has 2 heteroatoms. The van der Waals surface area contributed by atoms with E-state index in [1.165, 1.54) is 5.56 Å². The summed E-state index contributed by atoms with van der Waals surface area (Å²) in [6, 6.07) is 11.5. The Hall–Kier alpha value is -0.860. The summed E-state index contributed by atoms with van der Waals surface area (Å²) in [4.78, 5) is 2.46. The maximum atomic E-state index is 5.90. The van der Waals surface area contributed by atoms with Crippen LogP contribution >= 0.6 is 0 Å². The molecule has 76 valence electrons. The minimum Gasteiger partial charge on any atom is -0.326 e. The normalized spacial score (nSPS) is 25.1. The molecule has 0 radical (unpaired) electrons. The largest absolute Gasteiger partial charge is 0.326 e. The van der Waals surface area contributed by atoms with Crippen LogP contribution in [0.25, 0.3) is 0 Å². The molecule has 0 aromatic heterocycles. The molecule has 1 saturated heterocycles. The molecular weight excluding hydrogens is 172 g/mol. The zero-order valence-corrected chi connectivity index (χ0v) is 8.69. The first-order valence-electron chi connectivity index (χ1n) is 5.32. The Bertz CT molecular complexity index is 284. The second-order valence-electron chi connectivity index (χ2n) is 4.13. The molecule has 0 amide bonds. The van der Waals surface area contributed by atoms with E-state index in [4.69, 9.17) is 5.73 Å². The Morgan fingerprint density at radius 1 is 1.36 bits per heavy atom. The lowest BCUT2D eigenvalue weighted by atomic mass is 10.1. The topological polar surface area (TPSA) is 29.3 Å². The molecule has 1 aromatic carbocycles. The molecule has 1 heterocycles. The molecular formula is C12H18N2. The van der Waals surface area contributed by atoms with Crippen LogP contribution in [0.15, 0.2) is 30.3 Å². The predicted octanol–water partition coefficient (Wildman–Crippen LogP) is 1.78. The van der Waals surface area contributed by atoms with Gasteiger partial charge in [-0.3, -0.25) is 4.90 Å². The van der Waals surface area contributed by atoms with Gasteiger partial charge in [0.05, 0.1) is 0 Å². The van der Waals surface area contributed by atoms with E-state index >= 15 is 0 Å². The number of rotatable bonds is 2. The van der Waals surface area contributed by atoms with Gasteiger partial charge in [0.15, 0.2) is 0 Å². The fourth-order valence-electron chi connectivity index (χ4n) is 2.11. The quantitative estimate of drug-likeness (QED) is 0.770. The second-order valence-corrected chi connectivity index (χ2v) is 4.13. The molecule has 0 spiro atoms. The van der Waals surface area contributed by atoms with Gasteiger partial charge in [-0.1, -0.05) is 30.3 Å². The van der Waals surface area contributed by atoms with Gasteiger partial charge in [0.1, 0.15) is 0 Å². The van der Waals surface area contributed by atoms with E-state index < -0.39 is 0 Å². The predicted molar refractivity (Wildman–Crippen MR) is 59.0 cm³/mol. The maximum absolute atomic E-state index is 5.90. The van der Waals surface area contributed by atoms with Crippen LogP contribution in [0.2, 0.25) is 0 Å². The molecule has 0 saturated carbocycles. The molecule has 0 unspecified atom stereocenters. The molecule has 0 bridgehead atoms. The molecule has 1 aliphatic rings. The first-order valence-corrected chi connectivity index (χ1v) is 5.32. The smallest absolute Gasteiger partial charge is 0.0320 e. The van der Waals surface area contributed by atoms with Gasteiger partial charge >= 0.3 is 0 Å². The SMILES string of the molecule is C[C@H](c1ccccc1)N1CC[C@H](N)C1. The fraction of sp³-hybridized carbons (Fsp3) is 0.500. The van der Waals surface area contributed by atoms with Crippen LogP contribution in [-0.4, -0.2) is 24.0 Å². The van der Waals surface area contributed by atoms with Crippen molar-refractivity contribution in [2.75, 3.05) is 13.1 Å². The van der Waals surface area contributed by atoms with Crippen molar-refractivity contribution in [3.05, 3.63) is 35.9 Å². The Morgan fingerprint density at radius 3 is 2.64 bits per heavy atom. The molecule has 1 fully saturated rings. The molecule has 2 atom stereocenters. The molecule has 1 aliphatic heterocycles. The first-order chi connectivity index (χ1) is 6.77. The lowest BCUT2D eigenvalue weighted by Gasteiger charge is -2.24. The van der Waals surface area contributed by atoms with Gasteiger partial charge in [0.2, 0.25) is 0 Å². The summed E-state index contributed by atoms with van der Waals surface area (Å²) >= 11 is 0. The van der Waals surface area contributed by atoms with Crippen LogP contribution in [-0.2, 0) is 0 Å². The number of hydrogen-bond acceptors (Lipinski definition) is 2. The molecule has 2 N–H and O–H groups in total. The van der Waals surface area contributed by atoms with Crippen molar-refractivity contribution < 1.29 is 0 Å². The Kier molecular flexibility index (Phi) is 2.85. The van der Waals surface area contributed by atoms with Gasteiger partial charge < -0.3 is 5.73 Å². The zero-order valence-electron chi connectivity index (χ0n) is 8.69. The average molecular weight is 190 g/mol. The van der Waals surface area contributed by atoms with Gasteiger partial charge in [-0.2, -0.15) is 0 Å². The van der Waals surface area contributed by atoms with Crippen LogP contribution in [0.4, 0.5) is 0 Å². The molecule has 0 aliphatic carbocycles. The highest BCUT2D eigenvalue weighted by molar-refractivity contribution is 5.18. The molecule has 2 rings (SSSR count). The molecule has 2 nitrogen and oxygen atoms in total. The minimum atomic E-state index is 0.376. The summed E-state index contributed by atoms with van der Waals surface area (Å²) in [7, 11) is 0. The summed E-state index contributed by atoms with van der Waals surface area (Å²) in [5, 5.41) is 0. The number of hydrogen-bond donors (Lipinski definition) is 1. The fourth-order valence-corrected chi connectivity index (χ4v) is 2.11. The standard InChI is InChI=1S/C12H18N2/c1-10(11-5-3-2-4-6-11)14-8-7-12(13)9-14/h2-6,10,12H,7-9,13H2,1H3/t10-,12+/m1/s1. The minimum absolute atomic E-state index is 0.376. The molecule has 14 heavy (non-hydrogen) atoms. The number of nitrogens with zero attached hydrogens (tertiary/aromatic N) is 1.